The van der Waals surface area contributed by atoms with Gasteiger partial charge in [-0.2, -0.15) is 0 Å². The number of hydrogen-bond acceptors (Lipinski definition) is 5. The quantitative estimate of drug-likeness (QED) is 0.927. The molecule has 5 heteroatoms. The van der Waals surface area contributed by atoms with Crippen LogP contribution < -0.4 is 10.2 Å². The maximum Gasteiger partial charge on any atom is 0.185 e. The van der Waals surface area contributed by atoms with Crippen molar-refractivity contribution in [1.82, 2.24) is 15.2 Å². The summed E-state index contributed by atoms with van der Waals surface area (Å²) in [6.45, 7) is 9.14. The maximum absolute atomic E-state index is 4.93. The van der Waals surface area contributed by atoms with Gasteiger partial charge in [-0.3, -0.25) is 4.90 Å². The zero-order chi connectivity index (χ0) is 14.1. The molecule has 1 aliphatic carbocycles. The van der Waals surface area contributed by atoms with E-state index >= 15 is 0 Å². The van der Waals surface area contributed by atoms with E-state index in [0.29, 0.717) is 12.1 Å². The van der Waals surface area contributed by atoms with E-state index in [2.05, 4.69) is 36.0 Å². The number of anilines is 1. The Morgan fingerprint density at radius 1 is 1.25 bits per heavy atom. The predicted molar refractivity (Wildman–Crippen MR) is 85.8 cm³/mol. The number of aryl methyl sites for hydroxylation is 1. The van der Waals surface area contributed by atoms with E-state index in [1.165, 1.54) is 28.5 Å². The van der Waals surface area contributed by atoms with Gasteiger partial charge in [0, 0.05) is 43.1 Å². The summed E-state index contributed by atoms with van der Waals surface area (Å²) in [6, 6.07) is 1.19. The normalized spacial score (nSPS) is 24.2. The minimum atomic E-state index is 0.530. The Kier molecular flexibility index (Phi) is 4.29. The summed E-state index contributed by atoms with van der Waals surface area (Å²) < 4.78 is 0. The van der Waals surface area contributed by atoms with Gasteiger partial charge in [0.05, 0.1) is 5.69 Å². The number of nitrogens with one attached hydrogen (secondary N) is 1. The predicted octanol–water partition coefficient (Wildman–Crippen LogP) is 2.27. The van der Waals surface area contributed by atoms with Crippen LogP contribution in [0.1, 0.15) is 43.3 Å². The summed E-state index contributed by atoms with van der Waals surface area (Å²) in [4.78, 5) is 11.5. The monoisotopic (exact) mass is 294 g/mol. The third-order valence-electron chi connectivity index (χ3n) is 4.60. The molecular formula is C15H26N4S. The molecule has 20 heavy (non-hydrogen) atoms. The molecule has 1 N–H and O–H groups in total. The first-order chi connectivity index (χ1) is 9.69. The molecule has 1 fully saturated rings. The van der Waals surface area contributed by atoms with Crippen molar-refractivity contribution in [2.45, 2.75) is 45.2 Å². The number of fused-ring (bicyclic) bond motifs is 1. The fraction of sp³-hybridized carbons (Fsp3) is 0.800. The Morgan fingerprint density at radius 2 is 2.00 bits per heavy atom. The fourth-order valence-corrected chi connectivity index (χ4v) is 4.55. The highest BCUT2D eigenvalue weighted by Crippen LogP contribution is 2.37. The summed E-state index contributed by atoms with van der Waals surface area (Å²) in [6.07, 6.45) is 3.69. The van der Waals surface area contributed by atoms with Crippen molar-refractivity contribution in [1.29, 1.82) is 0 Å². The van der Waals surface area contributed by atoms with Gasteiger partial charge in [-0.1, -0.05) is 11.3 Å². The Bertz CT molecular complexity index is 449. The zero-order valence-electron chi connectivity index (χ0n) is 12.9. The SMILES string of the molecule is CNC1CCCc2nc(N3CCN(C(C)C)CC3)sc21. The minimum absolute atomic E-state index is 0.530. The molecule has 0 aromatic carbocycles. The molecule has 2 heterocycles. The van der Waals surface area contributed by atoms with Gasteiger partial charge in [0.15, 0.2) is 5.13 Å². The van der Waals surface area contributed by atoms with Gasteiger partial charge in [0.1, 0.15) is 0 Å². The molecule has 0 amide bonds. The van der Waals surface area contributed by atoms with Crippen molar-refractivity contribution in [3.05, 3.63) is 10.6 Å². The van der Waals surface area contributed by atoms with Crippen molar-refractivity contribution < 1.29 is 0 Å². The van der Waals surface area contributed by atoms with Crippen LogP contribution in [0.2, 0.25) is 0 Å². The van der Waals surface area contributed by atoms with Crippen molar-refractivity contribution >= 4 is 16.5 Å². The molecule has 1 saturated heterocycles. The molecule has 4 nitrogen and oxygen atoms in total. The smallest absolute Gasteiger partial charge is 0.185 e. The fourth-order valence-electron chi connectivity index (χ4n) is 3.25. The number of aromatic nitrogens is 1. The van der Waals surface area contributed by atoms with Crippen molar-refractivity contribution in [3.8, 4) is 0 Å². The van der Waals surface area contributed by atoms with Gasteiger partial charge in [0.2, 0.25) is 0 Å². The summed E-state index contributed by atoms with van der Waals surface area (Å²) in [5.74, 6) is 0. The van der Waals surface area contributed by atoms with Gasteiger partial charge in [-0.15, -0.1) is 0 Å². The largest absolute Gasteiger partial charge is 0.346 e. The van der Waals surface area contributed by atoms with E-state index in [-0.39, 0.29) is 0 Å². The van der Waals surface area contributed by atoms with Gasteiger partial charge >= 0.3 is 0 Å². The minimum Gasteiger partial charge on any atom is -0.346 e. The third kappa shape index (κ3) is 2.71. The summed E-state index contributed by atoms with van der Waals surface area (Å²) in [5, 5.41) is 4.69. The number of hydrogen-bond donors (Lipinski definition) is 1. The van der Waals surface area contributed by atoms with Crippen molar-refractivity contribution in [3.63, 3.8) is 0 Å². The third-order valence-corrected chi connectivity index (χ3v) is 5.87. The van der Waals surface area contributed by atoms with E-state index < -0.39 is 0 Å². The Hall–Kier alpha value is -0.650. The number of nitrogens with zero attached hydrogens (tertiary/aromatic N) is 3. The summed E-state index contributed by atoms with van der Waals surface area (Å²) >= 11 is 1.92. The van der Waals surface area contributed by atoms with E-state index in [0.717, 1.165) is 32.6 Å². The number of thiazole rings is 1. The summed E-state index contributed by atoms with van der Waals surface area (Å²) in [7, 11) is 2.07. The molecule has 0 radical (unpaired) electrons. The van der Waals surface area contributed by atoms with Crippen LogP contribution in [0.25, 0.3) is 0 Å². The van der Waals surface area contributed by atoms with Crippen LogP contribution >= 0.6 is 11.3 Å². The van der Waals surface area contributed by atoms with Crippen LogP contribution in [0.4, 0.5) is 5.13 Å². The number of piperazine rings is 1. The first-order valence-corrected chi connectivity index (χ1v) is 8.66. The molecule has 1 unspecified atom stereocenters. The first kappa shape index (κ1) is 14.3. The van der Waals surface area contributed by atoms with Crippen LogP contribution in [-0.4, -0.2) is 49.2 Å². The van der Waals surface area contributed by atoms with E-state index in [9.17, 15) is 0 Å². The van der Waals surface area contributed by atoms with Crippen molar-refractivity contribution in [2.24, 2.45) is 0 Å². The maximum atomic E-state index is 4.93. The Morgan fingerprint density at radius 3 is 2.65 bits per heavy atom. The average Bonchev–Trinajstić information content (AvgIpc) is 2.91. The molecule has 0 saturated carbocycles. The highest BCUT2D eigenvalue weighted by atomic mass is 32.1. The molecule has 0 bridgehead atoms. The topological polar surface area (TPSA) is 31.4 Å². The van der Waals surface area contributed by atoms with E-state index in [1.54, 1.807) is 0 Å². The van der Waals surface area contributed by atoms with E-state index in [4.69, 9.17) is 4.98 Å². The lowest BCUT2D eigenvalue weighted by molar-refractivity contribution is 0.209. The highest BCUT2D eigenvalue weighted by molar-refractivity contribution is 7.15. The molecule has 0 spiro atoms. The molecule has 1 aromatic rings. The average molecular weight is 294 g/mol. The van der Waals surface area contributed by atoms with E-state index in [1.807, 2.05) is 11.3 Å². The van der Waals surface area contributed by atoms with Crippen LogP contribution in [-0.2, 0) is 6.42 Å². The van der Waals surface area contributed by atoms with Crippen LogP contribution in [0.5, 0.6) is 0 Å². The zero-order valence-corrected chi connectivity index (χ0v) is 13.7. The standard InChI is InChI=1S/C15H26N4S/c1-11(2)18-7-9-19(10-8-18)15-17-13-6-4-5-12(16-3)14(13)20-15/h11-12,16H,4-10H2,1-3H3. The van der Waals surface area contributed by atoms with Crippen LogP contribution in [0.3, 0.4) is 0 Å². The second kappa shape index (κ2) is 6.00. The lowest BCUT2D eigenvalue weighted by Crippen LogP contribution is -2.48. The molecule has 1 atom stereocenters. The van der Waals surface area contributed by atoms with Gasteiger partial charge < -0.3 is 10.2 Å². The molecule has 2 aliphatic rings. The van der Waals surface area contributed by atoms with Crippen LogP contribution in [0.15, 0.2) is 0 Å². The van der Waals surface area contributed by atoms with Crippen molar-refractivity contribution in [2.75, 3.05) is 38.1 Å². The molecule has 1 aliphatic heterocycles. The second-order valence-corrected chi connectivity index (χ2v) is 7.17. The van der Waals surface area contributed by atoms with Gasteiger partial charge in [-0.05, 0) is 40.2 Å². The first-order valence-electron chi connectivity index (χ1n) is 7.85. The molecular weight excluding hydrogens is 268 g/mol. The molecule has 1 aromatic heterocycles. The Balaban J connectivity index is 1.71. The Labute approximate surface area is 126 Å². The second-order valence-electron chi connectivity index (χ2n) is 6.16. The highest BCUT2D eigenvalue weighted by Gasteiger charge is 2.27. The van der Waals surface area contributed by atoms with Gasteiger partial charge in [0.25, 0.3) is 0 Å². The van der Waals surface area contributed by atoms with Gasteiger partial charge in [-0.25, -0.2) is 4.98 Å². The molecule has 112 valence electrons. The molecule has 3 rings (SSSR count). The lowest BCUT2D eigenvalue weighted by Gasteiger charge is -2.36. The summed E-state index contributed by atoms with van der Waals surface area (Å²) in [5.41, 5.74) is 1.35. The van der Waals surface area contributed by atoms with Crippen LogP contribution in [0, 0.1) is 0 Å². The lowest BCUT2D eigenvalue weighted by atomic mass is 9.98. The number of rotatable bonds is 3.